The fraction of sp³-hybridized carbons (Fsp3) is 0.667. The van der Waals surface area contributed by atoms with Crippen molar-refractivity contribution in [2.24, 2.45) is 0 Å². The molecule has 218 valence electrons. The first kappa shape index (κ1) is 28.1. The van der Waals surface area contributed by atoms with E-state index in [-0.39, 0.29) is 36.2 Å². The van der Waals surface area contributed by atoms with Gasteiger partial charge < -0.3 is 34.8 Å². The predicted molar refractivity (Wildman–Crippen MR) is 150 cm³/mol. The molecular formula is C27H41N9O4. The van der Waals surface area contributed by atoms with E-state index >= 15 is 0 Å². The third kappa shape index (κ3) is 6.30. The van der Waals surface area contributed by atoms with Crippen LogP contribution in [0.25, 0.3) is 5.65 Å². The molecule has 1 atom stereocenters. The van der Waals surface area contributed by atoms with E-state index in [2.05, 4.69) is 24.3 Å². The fourth-order valence-corrected chi connectivity index (χ4v) is 5.24. The molecule has 3 fully saturated rings. The van der Waals surface area contributed by atoms with E-state index < -0.39 is 0 Å². The number of hydrogen-bond donors (Lipinski definition) is 2. The van der Waals surface area contributed by atoms with Crippen LogP contribution < -0.4 is 10.2 Å². The molecule has 0 radical (unpaired) electrons. The third-order valence-corrected chi connectivity index (χ3v) is 7.69. The van der Waals surface area contributed by atoms with Gasteiger partial charge in [0, 0.05) is 63.4 Å². The number of piperidine rings is 1. The number of aliphatic hydroxyl groups excluding tert-OH is 1. The summed E-state index contributed by atoms with van der Waals surface area (Å²) in [5, 5.41) is 17.9. The first-order chi connectivity index (χ1) is 19.2. The van der Waals surface area contributed by atoms with E-state index in [0.717, 1.165) is 24.1 Å². The van der Waals surface area contributed by atoms with Crippen molar-refractivity contribution in [2.45, 2.75) is 57.3 Å². The number of anilines is 2. The highest BCUT2D eigenvalue weighted by molar-refractivity contribution is 5.87. The molecule has 3 aliphatic heterocycles. The number of aromatic nitrogens is 4. The van der Waals surface area contributed by atoms with Gasteiger partial charge in [0.05, 0.1) is 18.8 Å². The number of nitrogens with zero attached hydrogens (tertiary/aromatic N) is 8. The van der Waals surface area contributed by atoms with Crippen molar-refractivity contribution < 1.29 is 19.4 Å². The van der Waals surface area contributed by atoms with E-state index in [0.29, 0.717) is 64.1 Å². The second-order valence-electron chi connectivity index (χ2n) is 11.5. The zero-order chi connectivity index (χ0) is 28.4. The molecule has 2 aromatic heterocycles. The summed E-state index contributed by atoms with van der Waals surface area (Å²) in [6, 6.07) is 0.109. The summed E-state index contributed by atoms with van der Waals surface area (Å²) in [4.78, 5) is 42.2. The van der Waals surface area contributed by atoms with Crippen molar-refractivity contribution in [3.63, 3.8) is 0 Å². The Kier molecular flexibility index (Phi) is 8.40. The molecule has 13 heteroatoms. The van der Waals surface area contributed by atoms with Crippen LogP contribution >= 0.6 is 0 Å². The molecular weight excluding hydrogens is 514 g/mol. The van der Waals surface area contributed by atoms with Crippen LogP contribution in [0.15, 0.2) is 18.3 Å². The number of likely N-dealkylation sites (tertiary alicyclic amines) is 2. The Morgan fingerprint density at radius 1 is 1.12 bits per heavy atom. The molecule has 0 aliphatic carbocycles. The molecule has 0 bridgehead atoms. The van der Waals surface area contributed by atoms with Crippen LogP contribution in [0.2, 0.25) is 0 Å². The minimum Gasteiger partial charge on any atom is -0.444 e. The van der Waals surface area contributed by atoms with Crippen LogP contribution in [-0.4, -0.2) is 130 Å². The van der Waals surface area contributed by atoms with Crippen molar-refractivity contribution in [2.75, 3.05) is 70.1 Å². The average molecular weight is 556 g/mol. The second kappa shape index (κ2) is 12.0. The van der Waals surface area contributed by atoms with Gasteiger partial charge in [-0.1, -0.05) is 19.9 Å². The van der Waals surface area contributed by atoms with Crippen LogP contribution in [0, 0.1) is 0 Å². The zero-order valence-corrected chi connectivity index (χ0v) is 23.9. The molecule has 2 aromatic rings. The topological polar surface area (TPSA) is 132 Å². The number of fused-ring (bicyclic) bond motifs is 1. The molecule has 3 saturated heterocycles. The van der Waals surface area contributed by atoms with Crippen LogP contribution in [0.5, 0.6) is 0 Å². The van der Waals surface area contributed by atoms with Crippen LogP contribution in [-0.2, 0) is 9.53 Å². The van der Waals surface area contributed by atoms with Gasteiger partial charge in [-0.2, -0.15) is 19.6 Å². The number of hydrogen-bond acceptors (Lipinski definition) is 10. The highest BCUT2D eigenvalue weighted by Crippen LogP contribution is 2.26. The van der Waals surface area contributed by atoms with Gasteiger partial charge in [0.1, 0.15) is 6.10 Å². The van der Waals surface area contributed by atoms with Gasteiger partial charge >= 0.3 is 6.09 Å². The van der Waals surface area contributed by atoms with Gasteiger partial charge in [-0.3, -0.25) is 4.79 Å². The normalized spacial score (nSPS) is 20.8. The fourth-order valence-electron chi connectivity index (χ4n) is 5.24. The molecule has 2 amide bonds. The van der Waals surface area contributed by atoms with E-state index in [1.165, 1.54) is 0 Å². The van der Waals surface area contributed by atoms with Crippen molar-refractivity contribution in [1.82, 2.24) is 34.3 Å². The number of carbonyl (C=O) groups is 2. The Labute approximate surface area is 234 Å². The molecule has 0 unspecified atom stereocenters. The summed E-state index contributed by atoms with van der Waals surface area (Å²) < 4.78 is 7.51. The SMILES string of the molecule is CC(C)c1cnn2c(NC3CCN(C(=O)O[C@H]4CCN(C(=O)/C=C/CN(C)C)C4)CC3)nc(N3CC(O)C3)nc12. The molecule has 5 rings (SSSR count). The maximum Gasteiger partial charge on any atom is 0.410 e. The minimum atomic E-state index is -0.354. The lowest BCUT2D eigenvalue weighted by Gasteiger charge is -2.36. The lowest BCUT2D eigenvalue weighted by Crippen LogP contribution is -2.51. The largest absolute Gasteiger partial charge is 0.444 e. The van der Waals surface area contributed by atoms with E-state index in [9.17, 15) is 14.7 Å². The van der Waals surface area contributed by atoms with Crippen molar-refractivity contribution in [3.8, 4) is 0 Å². The van der Waals surface area contributed by atoms with E-state index in [1.54, 1.807) is 20.4 Å². The van der Waals surface area contributed by atoms with Crippen LogP contribution in [0.1, 0.15) is 44.6 Å². The highest BCUT2D eigenvalue weighted by Gasteiger charge is 2.32. The maximum atomic E-state index is 12.9. The standard InChI is InChI=1S/C27H41N9O4/c1-18(2)22-14-28-36-24(22)30-25(35-15-20(37)16-35)31-26(36)29-19-7-11-33(12-8-19)27(39)40-21-9-13-34(17-21)23(38)6-5-10-32(3)4/h5-6,14,18-21,37H,7-13,15-17H2,1-4H3,(H,29,30,31)/b6-5+/t21-/m0/s1. The number of amides is 2. The summed E-state index contributed by atoms with van der Waals surface area (Å²) in [7, 11) is 3.90. The van der Waals surface area contributed by atoms with Crippen LogP contribution in [0.3, 0.4) is 0 Å². The predicted octanol–water partition coefficient (Wildman–Crippen LogP) is 1.16. The molecule has 3 aliphatic rings. The van der Waals surface area contributed by atoms with Gasteiger partial charge in [0.15, 0.2) is 5.65 Å². The Morgan fingerprint density at radius 2 is 1.85 bits per heavy atom. The highest BCUT2D eigenvalue weighted by atomic mass is 16.6. The van der Waals surface area contributed by atoms with E-state index in [1.807, 2.05) is 36.2 Å². The zero-order valence-electron chi connectivity index (χ0n) is 23.9. The molecule has 13 nitrogen and oxygen atoms in total. The van der Waals surface area contributed by atoms with Gasteiger partial charge in [-0.05, 0) is 32.9 Å². The average Bonchev–Trinajstić information content (AvgIpc) is 3.54. The number of aliphatic hydroxyl groups is 1. The number of β-amino-alcohol motifs (C(OH)–C–C–N with tert-alkyl or cyclic N) is 1. The number of carbonyl (C=O) groups excluding carboxylic acids is 2. The van der Waals surface area contributed by atoms with Crippen molar-refractivity contribution >= 4 is 29.5 Å². The minimum absolute atomic E-state index is 0.0442. The number of ether oxygens (including phenoxy) is 1. The Hall–Kier alpha value is -3.45. The Morgan fingerprint density at radius 3 is 2.52 bits per heavy atom. The molecule has 5 heterocycles. The molecule has 0 spiro atoms. The third-order valence-electron chi connectivity index (χ3n) is 7.69. The molecule has 40 heavy (non-hydrogen) atoms. The molecule has 0 saturated carbocycles. The summed E-state index contributed by atoms with van der Waals surface area (Å²) in [5.74, 6) is 1.41. The molecule has 2 N–H and O–H groups in total. The smallest absolute Gasteiger partial charge is 0.410 e. The lowest BCUT2D eigenvalue weighted by atomic mass is 10.1. The van der Waals surface area contributed by atoms with Gasteiger partial charge in [0.2, 0.25) is 17.8 Å². The lowest BCUT2D eigenvalue weighted by molar-refractivity contribution is -0.125. The number of rotatable bonds is 8. The van der Waals surface area contributed by atoms with Gasteiger partial charge in [-0.15, -0.1) is 0 Å². The Bertz CT molecular complexity index is 1230. The number of likely N-dealkylation sites (N-methyl/N-ethyl adjacent to an activating group) is 1. The van der Waals surface area contributed by atoms with Gasteiger partial charge in [0.25, 0.3) is 0 Å². The number of nitrogens with one attached hydrogen (secondary N) is 1. The van der Waals surface area contributed by atoms with Crippen molar-refractivity contribution in [3.05, 3.63) is 23.9 Å². The Balaban J connectivity index is 1.15. The van der Waals surface area contributed by atoms with Gasteiger partial charge in [-0.25, -0.2) is 4.79 Å². The summed E-state index contributed by atoms with van der Waals surface area (Å²) in [5.41, 5.74) is 1.81. The van der Waals surface area contributed by atoms with E-state index in [4.69, 9.17) is 14.7 Å². The first-order valence-corrected chi connectivity index (χ1v) is 14.2. The quantitative estimate of drug-likeness (QED) is 0.458. The maximum absolute atomic E-state index is 12.9. The van der Waals surface area contributed by atoms with Crippen molar-refractivity contribution in [1.29, 1.82) is 0 Å². The monoisotopic (exact) mass is 555 g/mol. The summed E-state index contributed by atoms with van der Waals surface area (Å²) in [6.07, 6.45) is 6.45. The molecule has 0 aromatic carbocycles. The second-order valence-corrected chi connectivity index (χ2v) is 11.5. The first-order valence-electron chi connectivity index (χ1n) is 14.2. The van der Waals surface area contributed by atoms with Crippen LogP contribution in [0.4, 0.5) is 16.7 Å². The summed E-state index contributed by atoms with van der Waals surface area (Å²) >= 11 is 0. The summed E-state index contributed by atoms with van der Waals surface area (Å²) in [6.45, 7) is 8.10.